The Morgan fingerprint density at radius 2 is 2.16 bits per heavy atom. The Morgan fingerprint density at radius 1 is 1.32 bits per heavy atom. The van der Waals surface area contributed by atoms with Crippen molar-refractivity contribution < 1.29 is 9.53 Å². The smallest absolute Gasteiger partial charge is 0.349 e. The fraction of sp³-hybridized carbons (Fsp3) is 0.438. The number of hydrogen-bond acceptors (Lipinski definition) is 8. The minimum Gasteiger partial charge on any atom is -0.465 e. The number of nitrogens with zero attached hydrogens (tertiary/aromatic N) is 5. The van der Waals surface area contributed by atoms with Crippen LogP contribution in [-0.4, -0.2) is 51.1 Å². The van der Waals surface area contributed by atoms with Crippen molar-refractivity contribution in [3.8, 4) is 0 Å². The predicted octanol–water partition coefficient (Wildman–Crippen LogP) is 2.06. The summed E-state index contributed by atoms with van der Waals surface area (Å²) in [5.74, 6) is 0.978. The number of imidazole rings is 1. The molecule has 4 heterocycles. The van der Waals surface area contributed by atoms with E-state index in [1.807, 2.05) is 0 Å². The van der Waals surface area contributed by atoms with Gasteiger partial charge in [0.15, 0.2) is 5.65 Å². The molecule has 0 amide bonds. The topological polar surface area (TPSA) is 96.9 Å². The van der Waals surface area contributed by atoms with E-state index in [9.17, 15) is 4.79 Å². The van der Waals surface area contributed by atoms with Crippen molar-refractivity contribution in [1.82, 2.24) is 24.9 Å². The third kappa shape index (κ3) is 3.32. The number of piperidine rings is 1. The molecule has 9 heteroatoms. The van der Waals surface area contributed by atoms with Crippen LogP contribution in [0.4, 0.5) is 5.95 Å². The van der Waals surface area contributed by atoms with E-state index in [1.54, 1.807) is 18.7 Å². The van der Waals surface area contributed by atoms with Crippen LogP contribution in [0.25, 0.3) is 11.2 Å². The number of nitrogens with one attached hydrogen (secondary N) is 1. The number of fused-ring (bicyclic) bond motifs is 1. The van der Waals surface area contributed by atoms with E-state index in [0.717, 1.165) is 48.8 Å². The first-order valence-electron chi connectivity index (χ1n) is 8.17. The van der Waals surface area contributed by atoms with Gasteiger partial charge in [-0.3, -0.25) is 0 Å². The van der Waals surface area contributed by atoms with Crippen LogP contribution in [-0.2, 0) is 11.2 Å². The molecule has 0 aromatic carbocycles. The van der Waals surface area contributed by atoms with Crippen LogP contribution in [0.1, 0.15) is 27.5 Å². The van der Waals surface area contributed by atoms with Gasteiger partial charge in [-0.25, -0.2) is 19.7 Å². The van der Waals surface area contributed by atoms with Gasteiger partial charge >= 0.3 is 5.97 Å². The zero-order valence-corrected chi connectivity index (χ0v) is 14.6. The number of aromatic nitrogens is 5. The summed E-state index contributed by atoms with van der Waals surface area (Å²) in [5, 5.41) is 0.994. The highest BCUT2D eigenvalue weighted by molar-refractivity contribution is 7.13. The van der Waals surface area contributed by atoms with Crippen LogP contribution in [0.3, 0.4) is 0 Å². The highest BCUT2D eigenvalue weighted by Gasteiger charge is 2.23. The number of methoxy groups -OCH3 is 1. The van der Waals surface area contributed by atoms with Crippen molar-refractivity contribution in [2.75, 3.05) is 25.1 Å². The maximum Gasteiger partial charge on any atom is 0.349 e. The second-order valence-electron chi connectivity index (χ2n) is 6.05. The van der Waals surface area contributed by atoms with Gasteiger partial charge in [0.2, 0.25) is 5.95 Å². The fourth-order valence-electron chi connectivity index (χ4n) is 3.06. The largest absolute Gasteiger partial charge is 0.465 e. The molecule has 1 saturated heterocycles. The first-order chi connectivity index (χ1) is 12.2. The number of H-pyrrole nitrogens is 1. The van der Waals surface area contributed by atoms with E-state index in [1.165, 1.54) is 18.4 Å². The van der Waals surface area contributed by atoms with E-state index < -0.39 is 0 Å². The Balaban J connectivity index is 1.36. The Bertz CT molecular complexity index is 884. The minimum atomic E-state index is -0.315. The van der Waals surface area contributed by atoms with Crippen molar-refractivity contribution in [2.24, 2.45) is 5.92 Å². The van der Waals surface area contributed by atoms with Crippen molar-refractivity contribution in [2.45, 2.75) is 19.3 Å². The number of rotatable bonds is 4. The Morgan fingerprint density at radius 3 is 2.96 bits per heavy atom. The molecular formula is C16H18N6O2S. The van der Waals surface area contributed by atoms with Gasteiger partial charge in [0.25, 0.3) is 0 Å². The molecular weight excluding hydrogens is 340 g/mol. The van der Waals surface area contributed by atoms with Gasteiger partial charge in [-0.15, -0.1) is 11.3 Å². The number of carbonyl (C=O) groups is 1. The summed E-state index contributed by atoms with van der Waals surface area (Å²) in [6, 6.07) is 0. The summed E-state index contributed by atoms with van der Waals surface area (Å²) in [6.45, 7) is 1.83. The molecule has 0 aliphatic carbocycles. The van der Waals surface area contributed by atoms with E-state index in [0.29, 0.717) is 16.4 Å². The number of aromatic amines is 1. The lowest BCUT2D eigenvalue weighted by molar-refractivity contribution is 0.0606. The number of esters is 1. The number of thiazole rings is 1. The van der Waals surface area contributed by atoms with Crippen LogP contribution >= 0.6 is 11.3 Å². The zero-order chi connectivity index (χ0) is 17.2. The van der Waals surface area contributed by atoms with E-state index >= 15 is 0 Å². The monoisotopic (exact) mass is 358 g/mol. The lowest BCUT2D eigenvalue weighted by Gasteiger charge is -2.31. The molecule has 0 atom stereocenters. The fourth-order valence-corrected chi connectivity index (χ4v) is 4.01. The third-order valence-corrected chi connectivity index (χ3v) is 5.46. The Labute approximate surface area is 148 Å². The SMILES string of the molecule is COC(=O)c1cnc(CC2CCN(c3ncc4[nH]cnc4n3)CC2)s1. The van der Waals surface area contributed by atoms with Gasteiger partial charge in [-0.2, -0.15) is 4.98 Å². The van der Waals surface area contributed by atoms with Gasteiger partial charge in [0, 0.05) is 19.5 Å². The summed E-state index contributed by atoms with van der Waals surface area (Å²) in [6.07, 6.45) is 8.01. The van der Waals surface area contributed by atoms with Crippen LogP contribution in [0, 0.1) is 5.92 Å². The van der Waals surface area contributed by atoms with Crippen LogP contribution in [0.15, 0.2) is 18.7 Å². The van der Waals surface area contributed by atoms with Crippen LogP contribution in [0.5, 0.6) is 0 Å². The molecule has 3 aromatic rings. The second kappa shape index (κ2) is 6.75. The molecule has 0 bridgehead atoms. The molecule has 0 saturated carbocycles. The first kappa shape index (κ1) is 15.9. The van der Waals surface area contributed by atoms with Crippen LogP contribution in [0.2, 0.25) is 0 Å². The van der Waals surface area contributed by atoms with Crippen molar-refractivity contribution >= 4 is 34.4 Å². The molecule has 0 spiro atoms. The van der Waals surface area contributed by atoms with Crippen molar-refractivity contribution in [1.29, 1.82) is 0 Å². The lowest BCUT2D eigenvalue weighted by atomic mass is 9.94. The lowest BCUT2D eigenvalue weighted by Crippen LogP contribution is -2.35. The maximum atomic E-state index is 11.5. The minimum absolute atomic E-state index is 0.315. The zero-order valence-electron chi connectivity index (χ0n) is 13.8. The summed E-state index contributed by atoms with van der Waals surface area (Å²) in [7, 11) is 1.39. The molecule has 8 nitrogen and oxygen atoms in total. The highest BCUT2D eigenvalue weighted by Crippen LogP contribution is 2.26. The Kier molecular flexibility index (Phi) is 4.31. The predicted molar refractivity (Wildman–Crippen MR) is 93.8 cm³/mol. The molecule has 0 unspecified atom stereocenters. The Hall–Kier alpha value is -2.55. The van der Waals surface area contributed by atoms with Gasteiger partial charge in [0.05, 0.1) is 30.8 Å². The van der Waals surface area contributed by atoms with Gasteiger partial charge < -0.3 is 14.6 Å². The normalized spacial score (nSPS) is 15.6. The quantitative estimate of drug-likeness (QED) is 0.713. The van der Waals surface area contributed by atoms with Gasteiger partial charge in [-0.1, -0.05) is 0 Å². The molecule has 1 fully saturated rings. The molecule has 0 radical (unpaired) electrons. The van der Waals surface area contributed by atoms with Crippen LogP contribution < -0.4 is 4.90 Å². The average molecular weight is 358 g/mol. The molecule has 1 aliphatic rings. The van der Waals surface area contributed by atoms with Crippen molar-refractivity contribution in [3.63, 3.8) is 0 Å². The maximum absolute atomic E-state index is 11.5. The van der Waals surface area contributed by atoms with E-state index in [4.69, 9.17) is 4.74 Å². The summed E-state index contributed by atoms with van der Waals surface area (Å²) in [4.78, 5) is 34.8. The van der Waals surface area contributed by atoms with Gasteiger partial charge in [-0.05, 0) is 18.8 Å². The van der Waals surface area contributed by atoms with E-state index in [-0.39, 0.29) is 5.97 Å². The number of hydrogen-bond donors (Lipinski definition) is 1. The number of anilines is 1. The molecule has 4 rings (SSSR count). The first-order valence-corrected chi connectivity index (χ1v) is 8.98. The molecule has 3 aromatic heterocycles. The summed E-state index contributed by atoms with van der Waals surface area (Å²) < 4.78 is 4.73. The standard InChI is InChI=1S/C16H18N6O2S/c1-24-15(23)12-8-17-13(25-12)6-10-2-4-22(5-3-10)16-18-7-11-14(21-16)20-9-19-11/h7-10H,2-6H2,1H3,(H,18,19,20,21). The van der Waals surface area contributed by atoms with Gasteiger partial charge in [0.1, 0.15) is 10.4 Å². The summed E-state index contributed by atoms with van der Waals surface area (Å²) >= 11 is 1.42. The van der Waals surface area contributed by atoms with Crippen molar-refractivity contribution in [3.05, 3.63) is 28.6 Å². The molecule has 1 aliphatic heterocycles. The number of carbonyl (C=O) groups excluding carboxylic acids is 1. The summed E-state index contributed by atoms with van der Waals surface area (Å²) in [5.41, 5.74) is 1.55. The molecule has 1 N–H and O–H groups in total. The highest BCUT2D eigenvalue weighted by atomic mass is 32.1. The number of ether oxygens (including phenoxy) is 1. The second-order valence-corrected chi connectivity index (χ2v) is 7.17. The van der Waals surface area contributed by atoms with E-state index in [2.05, 4.69) is 29.8 Å². The molecule has 130 valence electrons. The molecule has 25 heavy (non-hydrogen) atoms. The third-order valence-electron chi connectivity index (χ3n) is 4.46. The average Bonchev–Trinajstić information content (AvgIpc) is 3.30.